The largest absolute Gasteiger partial charge is 0.302 e. The van der Waals surface area contributed by atoms with Gasteiger partial charge in [-0.25, -0.2) is 17.2 Å². The Morgan fingerprint density at radius 2 is 1.91 bits per heavy atom. The van der Waals surface area contributed by atoms with Crippen LogP contribution in [0.25, 0.3) is 0 Å². The van der Waals surface area contributed by atoms with Gasteiger partial charge in [0.15, 0.2) is 10.0 Å². The fraction of sp³-hybridized carbons (Fsp3) is 0.714. The van der Waals surface area contributed by atoms with E-state index >= 15 is 0 Å². The zero-order chi connectivity index (χ0) is 16.9. The number of thiophene rings is 1. The highest BCUT2D eigenvalue weighted by atomic mass is 32.2. The van der Waals surface area contributed by atoms with Crippen molar-refractivity contribution in [3.05, 3.63) is 16.3 Å². The molecule has 22 heavy (non-hydrogen) atoms. The Morgan fingerprint density at radius 3 is 2.45 bits per heavy atom. The van der Waals surface area contributed by atoms with Crippen molar-refractivity contribution in [1.29, 1.82) is 0 Å². The van der Waals surface area contributed by atoms with Crippen LogP contribution in [-0.4, -0.2) is 35.1 Å². The zero-order valence-electron chi connectivity index (χ0n) is 14.1. The lowest BCUT2D eigenvalue weighted by Gasteiger charge is -2.36. The summed E-state index contributed by atoms with van der Waals surface area (Å²) in [5.74, 6) is -0.558. The molecule has 2 rings (SSSR count). The van der Waals surface area contributed by atoms with E-state index in [-0.39, 0.29) is 9.25 Å². The Hall–Kier alpha value is -0.283. The quantitative estimate of drug-likeness (QED) is 0.838. The maximum absolute atomic E-state index is 14.6. The molecule has 0 fully saturated rings. The SMILES string of the molecule is CN1CCc2sc(S(=O)(=O)N[Si](C)(C)C(C)(C)C)c(F)c2C1. The van der Waals surface area contributed by atoms with Crippen LogP contribution in [0, 0.1) is 5.82 Å². The van der Waals surface area contributed by atoms with Crippen molar-refractivity contribution in [2.75, 3.05) is 13.6 Å². The maximum Gasteiger partial charge on any atom is 0.247 e. The molecule has 0 bridgehead atoms. The minimum absolute atomic E-state index is 0.141. The van der Waals surface area contributed by atoms with Gasteiger partial charge in [-0.05, 0) is 18.5 Å². The third-order valence-corrected chi connectivity index (χ3v) is 14.2. The Morgan fingerprint density at radius 1 is 1.32 bits per heavy atom. The predicted molar refractivity (Wildman–Crippen MR) is 91.8 cm³/mol. The normalized spacial score (nSPS) is 17.6. The fourth-order valence-electron chi connectivity index (χ4n) is 2.17. The molecule has 8 heteroatoms. The van der Waals surface area contributed by atoms with Gasteiger partial charge in [-0.2, -0.15) is 0 Å². The summed E-state index contributed by atoms with van der Waals surface area (Å²) in [4.78, 5) is 2.88. The number of fused-ring (bicyclic) bond motifs is 1. The Labute approximate surface area is 137 Å². The lowest BCUT2D eigenvalue weighted by atomic mass is 10.1. The molecule has 0 aromatic carbocycles. The molecule has 0 amide bonds. The van der Waals surface area contributed by atoms with Crippen molar-refractivity contribution in [2.45, 2.75) is 56.1 Å². The van der Waals surface area contributed by atoms with Gasteiger partial charge in [-0.15, -0.1) is 11.3 Å². The number of nitrogens with one attached hydrogen (secondary N) is 1. The van der Waals surface area contributed by atoms with E-state index in [1.165, 1.54) is 0 Å². The molecule has 0 radical (unpaired) electrons. The Kier molecular flexibility index (Phi) is 4.65. The standard InChI is InChI=1S/C14H25FN2O2S2Si/c1-14(2,3)22(5,6)16-21(18,19)13-12(15)10-9-17(4)8-7-11(10)20-13/h16H,7-9H2,1-6H3. The van der Waals surface area contributed by atoms with Crippen molar-refractivity contribution in [3.8, 4) is 0 Å². The summed E-state index contributed by atoms with van der Waals surface area (Å²) in [6, 6.07) is 0. The molecule has 126 valence electrons. The van der Waals surface area contributed by atoms with Gasteiger partial charge in [-0.1, -0.05) is 33.9 Å². The van der Waals surface area contributed by atoms with Gasteiger partial charge >= 0.3 is 0 Å². The van der Waals surface area contributed by atoms with Crippen LogP contribution in [0.3, 0.4) is 0 Å². The highest BCUT2D eigenvalue weighted by Gasteiger charge is 2.41. The van der Waals surface area contributed by atoms with E-state index < -0.39 is 24.1 Å². The fourth-order valence-corrected chi connectivity index (χ4v) is 8.84. The number of halogens is 1. The summed E-state index contributed by atoms with van der Waals surface area (Å²) >= 11 is 1.09. The first-order valence-corrected chi connectivity index (χ1v) is 12.7. The predicted octanol–water partition coefficient (Wildman–Crippen LogP) is 3.16. The lowest BCUT2D eigenvalue weighted by molar-refractivity contribution is 0.308. The van der Waals surface area contributed by atoms with Gasteiger partial charge in [0.05, 0.1) is 0 Å². The molecule has 1 aromatic heterocycles. The van der Waals surface area contributed by atoms with Crippen LogP contribution >= 0.6 is 11.3 Å². The Bertz CT molecular complexity index is 678. The Balaban J connectivity index is 2.40. The highest BCUT2D eigenvalue weighted by molar-refractivity contribution is 7.93. The molecule has 0 saturated heterocycles. The van der Waals surface area contributed by atoms with Crippen molar-refractivity contribution in [3.63, 3.8) is 0 Å². The van der Waals surface area contributed by atoms with E-state index in [0.717, 1.165) is 22.8 Å². The summed E-state index contributed by atoms with van der Waals surface area (Å²) < 4.78 is 42.7. The minimum atomic E-state index is -3.81. The molecule has 4 nitrogen and oxygen atoms in total. The number of sulfonamides is 1. The van der Waals surface area contributed by atoms with Crippen molar-refractivity contribution in [2.24, 2.45) is 0 Å². The van der Waals surface area contributed by atoms with Crippen molar-refractivity contribution in [1.82, 2.24) is 9.29 Å². The van der Waals surface area contributed by atoms with E-state index in [4.69, 9.17) is 0 Å². The molecule has 0 spiro atoms. The molecule has 0 unspecified atom stereocenters. The molecule has 0 atom stereocenters. The van der Waals surface area contributed by atoms with Crippen LogP contribution in [0.5, 0.6) is 0 Å². The maximum atomic E-state index is 14.6. The first kappa shape index (κ1) is 18.1. The van der Waals surface area contributed by atoms with Crippen LogP contribution in [0.15, 0.2) is 4.21 Å². The lowest BCUT2D eigenvalue weighted by Crippen LogP contribution is -2.54. The number of rotatable bonds is 3. The summed E-state index contributed by atoms with van der Waals surface area (Å²) in [6.07, 6.45) is 0.711. The van der Waals surface area contributed by atoms with Gasteiger partial charge in [0.1, 0.15) is 8.24 Å². The van der Waals surface area contributed by atoms with Crippen LogP contribution in [0.1, 0.15) is 31.2 Å². The topological polar surface area (TPSA) is 49.4 Å². The second-order valence-electron chi connectivity index (χ2n) is 7.57. The first-order chi connectivity index (χ1) is 9.85. The van der Waals surface area contributed by atoms with E-state index in [1.54, 1.807) is 0 Å². The van der Waals surface area contributed by atoms with Crippen LogP contribution in [0.4, 0.5) is 4.39 Å². The minimum Gasteiger partial charge on any atom is -0.302 e. The molecule has 1 N–H and O–H groups in total. The second-order valence-corrected chi connectivity index (χ2v) is 15.9. The zero-order valence-corrected chi connectivity index (χ0v) is 16.7. The molecule has 1 aromatic rings. The average Bonchev–Trinajstić information content (AvgIpc) is 2.65. The van der Waals surface area contributed by atoms with Gasteiger partial charge in [0.25, 0.3) is 0 Å². The number of hydrogen-bond acceptors (Lipinski definition) is 4. The van der Waals surface area contributed by atoms with Gasteiger partial charge in [0.2, 0.25) is 10.0 Å². The number of hydrogen-bond donors (Lipinski definition) is 1. The summed E-state index contributed by atoms with van der Waals surface area (Å²) in [7, 11) is -4.17. The number of nitrogens with zero attached hydrogens (tertiary/aromatic N) is 1. The molecule has 2 heterocycles. The van der Waals surface area contributed by atoms with Crippen LogP contribution in [0.2, 0.25) is 18.1 Å². The third kappa shape index (κ3) is 3.30. The molecule has 1 aliphatic heterocycles. The van der Waals surface area contributed by atoms with Gasteiger partial charge in [-0.3, -0.25) is 0 Å². The van der Waals surface area contributed by atoms with Crippen molar-refractivity contribution >= 4 is 29.6 Å². The summed E-state index contributed by atoms with van der Waals surface area (Å²) in [5, 5.41) is -0.145. The highest BCUT2D eigenvalue weighted by Crippen LogP contribution is 2.38. The second kappa shape index (κ2) is 5.66. The van der Waals surface area contributed by atoms with Crippen molar-refractivity contribution < 1.29 is 12.8 Å². The van der Waals surface area contributed by atoms with Crippen LogP contribution in [-0.2, 0) is 23.0 Å². The summed E-state index contributed by atoms with van der Waals surface area (Å²) in [6.45, 7) is 11.3. The van der Waals surface area contributed by atoms with Gasteiger partial charge in [0, 0.05) is 23.5 Å². The number of likely N-dealkylation sites (N-methyl/N-ethyl adjacent to an activating group) is 1. The van der Waals surface area contributed by atoms with Gasteiger partial charge < -0.3 is 4.90 Å². The van der Waals surface area contributed by atoms with E-state index in [1.807, 2.05) is 45.8 Å². The molecular weight excluding hydrogens is 339 g/mol. The average molecular weight is 365 g/mol. The molecule has 0 saturated carbocycles. The molecule has 1 aliphatic rings. The monoisotopic (exact) mass is 364 g/mol. The summed E-state index contributed by atoms with van der Waals surface area (Å²) in [5.41, 5.74) is 0.550. The van der Waals surface area contributed by atoms with E-state index in [0.29, 0.717) is 18.5 Å². The third-order valence-electron chi connectivity index (χ3n) is 4.65. The molecule has 0 aliphatic carbocycles. The van der Waals surface area contributed by atoms with E-state index in [9.17, 15) is 12.8 Å². The molecular formula is C14H25FN2O2S2Si. The van der Waals surface area contributed by atoms with Crippen LogP contribution < -0.4 is 4.39 Å². The smallest absolute Gasteiger partial charge is 0.247 e. The first-order valence-electron chi connectivity index (χ1n) is 7.38. The van der Waals surface area contributed by atoms with E-state index in [2.05, 4.69) is 4.39 Å².